The molecule has 1 aromatic heterocycles. The minimum absolute atomic E-state index is 0.00969. The van der Waals surface area contributed by atoms with E-state index in [1.165, 1.54) is 6.20 Å². The van der Waals surface area contributed by atoms with Gasteiger partial charge in [-0.15, -0.1) is 0 Å². The number of rotatable bonds is 2. The molecule has 1 rings (SSSR count). The second kappa shape index (κ2) is 5.15. The molecule has 0 amide bonds. The van der Waals surface area contributed by atoms with Crippen LogP contribution in [-0.4, -0.2) is 4.98 Å². The summed E-state index contributed by atoms with van der Waals surface area (Å²) in [4.78, 5) is 3.90. The van der Waals surface area contributed by atoms with Crippen LogP contribution < -0.4 is 0 Å². The van der Waals surface area contributed by atoms with Crippen molar-refractivity contribution >= 4 is 61.1 Å². The highest BCUT2D eigenvalue weighted by Gasteiger charge is 2.16. The lowest BCUT2D eigenvalue weighted by Gasteiger charge is -2.08. The van der Waals surface area contributed by atoms with Crippen LogP contribution in [-0.2, 0) is 5.33 Å². The van der Waals surface area contributed by atoms with E-state index >= 15 is 0 Å². The van der Waals surface area contributed by atoms with Crippen molar-refractivity contribution in [3.63, 3.8) is 0 Å². The van der Waals surface area contributed by atoms with Gasteiger partial charge >= 0.3 is 0 Å². The minimum atomic E-state index is -2.45. The van der Waals surface area contributed by atoms with Crippen molar-refractivity contribution in [2.75, 3.05) is 0 Å². The van der Waals surface area contributed by atoms with E-state index in [4.69, 9.17) is 0 Å². The standard InChI is InChI=1S/C7H4BrF2I2N/c8-1-3-5(11)4(6(9)10)2-13-7(3)12/h2,6H,1H2. The smallest absolute Gasteiger partial charge is 0.249 e. The van der Waals surface area contributed by atoms with Crippen molar-refractivity contribution in [1.82, 2.24) is 4.98 Å². The summed E-state index contributed by atoms with van der Waals surface area (Å²) < 4.78 is 26.2. The molecule has 0 saturated carbocycles. The Kier molecular flexibility index (Phi) is 4.76. The number of hydrogen-bond acceptors (Lipinski definition) is 1. The highest BCUT2D eigenvalue weighted by atomic mass is 127. The molecule has 0 aliphatic heterocycles. The Morgan fingerprint density at radius 3 is 2.54 bits per heavy atom. The lowest BCUT2D eigenvalue weighted by atomic mass is 10.2. The van der Waals surface area contributed by atoms with Gasteiger partial charge in [0.25, 0.3) is 6.43 Å². The third-order valence-corrected chi connectivity index (χ3v) is 4.22. The zero-order chi connectivity index (χ0) is 10.0. The lowest BCUT2D eigenvalue weighted by Crippen LogP contribution is -2.00. The van der Waals surface area contributed by atoms with Crippen LogP contribution >= 0.6 is 61.1 Å². The minimum Gasteiger partial charge on any atom is -0.249 e. The molecule has 0 aromatic carbocycles. The first-order valence-corrected chi connectivity index (χ1v) is 6.52. The molecule has 0 spiro atoms. The summed E-state index contributed by atoms with van der Waals surface area (Å²) in [6, 6.07) is 0. The fraction of sp³-hybridized carbons (Fsp3) is 0.286. The lowest BCUT2D eigenvalue weighted by molar-refractivity contribution is 0.150. The molecule has 13 heavy (non-hydrogen) atoms. The summed E-state index contributed by atoms with van der Waals surface area (Å²) in [6.45, 7) is 0. The Morgan fingerprint density at radius 1 is 1.46 bits per heavy atom. The van der Waals surface area contributed by atoms with Crippen molar-refractivity contribution in [1.29, 1.82) is 0 Å². The van der Waals surface area contributed by atoms with E-state index in [2.05, 4.69) is 20.9 Å². The van der Waals surface area contributed by atoms with Crippen molar-refractivity contribution < 1.29 is 8.78 Å². The third-order valence-electron chi connectivity index (χ3n) is 1.45. The molecule has 72 valence electrons. The first kappa shape index (κ1) is 12.0. The summed E-state index contributed by atoms with van der Waals surface area (Å²) in [5, 5.41) is 0.553. The Bertz CT molecular complexity index is 320. The van der Waals surface area contributed by atoms with E-state index < -0.39 is 6.43 Å². The maximum absolute atomic E-state index is 12.4. The van der Waals surface area contributed by atoms with Gasteiger partial charge in [0.2, 0.25) is 0 Å². The summed E-state index contributed by atoms with van der Waals surface area (Å²) in [5.74, 6) is 0. The number of aromatic nitrogens is 1. The van der Waals surface area contributed by atoms with Gasteiger partial charge in [0.15, 0.2) is 0 Å². The second-order valence-electron chi connectivity index (χ2n) is 2.23. The average Bonchev–Trinajstić information content (AvgIpc) is 2.04. The number of halogens is 5. The van der Waals surface area contributed by atoms with Crippen molar-refractivity contribution in [3.8, 4) is 0 Å². The molecule has 6 heteroatoms. The van der Waals surface area contributed by atoms with E-state index in [1.54, 1.807) is 0 Å². The number of pyridine rings is 1. The van der Waals surface area contributed by atoms with Gasteiger partial charge in [-0.05, 0) is 45.2 Å². The van der Waals surface area contributed by atoms with Gasteiger partial charge < -0.3 is 0 Å². The maximum atomic E-state index is 12.4. The highest BCUT2D eigenvalue weighted by Crippen LogP contribution is 2.29. The molecule has 0 atom stereocenters. The summed E-state index contributed by atoms with van der Waals surface area (Å²) in [5.41, 5.74) is 0.842. The van der Waals surface area contributed by atoms with Crippen molar-refractivity contribution in [2.45, 2.75) is 11.8 Å². The quantitative estimate of drug-likeness (QED) is 0.358. The molecule has 0 bridgehead atoms. The predicted octanol–water partition coefficient (Wildman–Crippen LogP) is 4.12. The van der Waals surface area contributed by atoms with Crippen LogP contribution in [0, 0.1) is 7.27 Å². The molecule has 0 aliphatic carbocycles. The Morgan fingerprint density at radius 2 is 2.08 bits per heavy atom. The van der Waals surface area contributed by atoms with Crippen LogP contribution in [0.2, 0.25) is 0 Å². The highest BCUT2D eigenvalue weighted by molar-refractivity contribution is 14.1. The van der Waals surface area contributed by atoms with E-state index in [9.17, 15) is 8.78 Å². The zero-order valence-electron chi connectivity index (χ0n) is 6.20. The SMILES string of the molecule is FC(F)c1cnc(I)c(CBr)c1I. The molecule has 0 radical (unpaired) electrons. The van der Waals surface area contributed by atoms with Gasteiger partial charge in [-0.25, -0.2) is 13.8 Å². The Balaban J connectivity index is 3.27. The van der Waals surface area contributed by atoms with Gasteiger partial charge in [-0.3, -0.25) is 0 Å². The number of nitrogens with zero attached hydrogens (tertiary/aromatic N) is 1. The van der Waals surface area contributed by atoms with Crippen LogP contribution in [0.5, 0.6) is 0 Å². The van der Waals surface area contributed by atoms with Crippen molar-refractivity contribution in [2.24, 2.45) is 0 Å². The van der Waals surface area contributed by atoms with E-state index in [1.807, 2.05) is 45.2 Å². The van der Waals surface area contributed by atoms with Crippen LogP contribution in [0.1, 0.15) is 17.6 Å². The molecular formula is C7H4BrF2I2N. The molecule has 1 heterocycles. The summed E-state index contributed by atoms with van der Waals surface area (Å²) >= 11 is 7.21. The molecule has 0 fully saturated rings. The molecule has 0 N–H and O–H groups in total. The van der Waals surface area contributed by atoms with Crippen LogP contribution in [0.4, 0.5) is 8.78 Å². The zero-order valence-corrected chi connectivity index (χ0v) is 12.1. The van der Waals surface area contributed by atoms with Crippen molar-refractivity contribution in [3.05, 3.63) is 24.6 Å². The molecule has 1 aromatic rings. The fourth-order valence-corrected chi connectivity index (χ4v) is 4.32. The molecular weight excluding hydrogens is 470 g/mol. The van der Waals surface area contributed by atoms with E-state index in [-0.39, 0.29) is 5.56 Å². The predicted molar refractivity (Wildman–Crippen MR) is 67.3 cm³/mol. The fourth-order valence-electron chi connectivity index (χ4n) is 0.792. The van der Waals surface area contributed by atoms with E-state index in [0.29, 0.717) is 8.90 Å². The molecule has 0 unspecified atom stereocenters. The summed E-state index contributed by atoms with van der Waals surface area (Å²) in [6.07, 6.45) is -1.21. The second-order valence-corrected chi connectivity index (χ2v) is 4.89. The maximum Gasteiger partial charge on any atom is 0.266 e. The molecule has 0 saturated heterocycles. The van der Waals surface area contributed by atoms with Crippen LogP contribution in [0.15, 0.2) is 6.20 Å². The molecule has 0 aliphatic rings. The van der Waals surface area contributed by atoms with Crippen LogP contribution in [0.3, 0.4) is 0 Å². The van der Waals surface area contributed by atoms with Gasteiger partial charge in [-0.2, -0.15) is 0 Å². The van der Waals surface area contributed by atoms with E-state index in [0.717, 1.165) is 9.26 Å². The normalized spacial score (nSPS) is 10.9. The number of alkyl halides is 3. The number of hydrogen-bond donors (Lipinski definition) is 0. The van der Waals surface area contributed by atoms with Gasteiger partial charge in [-0.1, -0.05) is 15.9 Å². The third kappa shape index (κ3) is 2.71. The topological polar surface area (TPSA) is 12.9 Å². The largest absolute Gasteiger partial charge is 0.266 e. The Hall–Kier alpha value is 0.950. The van der Waals surface area contributed by atoms with Crippen LogP contribution in [0.25, 0.3) is 0 Å². The Labute approximate surface area is 110 Å². The van der Waals surface area contributed by atoms with Gasteiger partial charge in [0.05, 0.1) is 0 Å². The summed E-state index contributed by atoms with van der Waals surface area (Å²) in [7, 11) is 0. The molecule has 1 nitrogen and oxygen atoms in total. The first-order valence-electron chi connectivity index (χ1n) is 3.24. The van der Waals surface area contributed by atoms with Gasteiger partial charge in [0.1, 0.15) is 3.70 Å². The van der Waals surface area contributed by atoms with Gasteiger partial charge in [0, 0.05) is 26.2 Å². The average molecular weight is 474 g/mol. The first-order chi connectivity index (χ1) is 6.07. The monoisotopic (exact) mass is 473 g/mol.